The molecule has 1 aliphatic heterocycles. The molecule has 1 heterocycles. The number of aryl methyl sites for hydroxylation is 1. The topological polar surface area (TPSA) is 94.6 Å². The molecule has 44 heavy (non-hydrogen) atoms. The number of nitrogens with zero attached hydrogens (tertiary/aromatic N) is 2. The minimum absolute atomic E-state index is 0.0461. The van der Waals surface area contributed by atoms with Gasteiger partial charge in [0.15, 0.2) is 12.1 Å². The second-order valence-electron chi connectivity index (χ2n) is 12.3. The van der Waals surface area contributed by atoms with E-state index in [2.05, 4.69) is 30.9 Å². The van der Waals surface area contributed by atoms with Crippen LogP contribution in [-0.2, 0) is 48.1 Å². The number of Topliss-reactive ketones (excluding diaryl/α,β-unsaturated/α-hetero) is 1. The summed E-state index contributed by atoms with van der Waals surface area (Å²) in [6.45, 7) is 8.76. The molecule has 2 atom stereocenters. The maximum absolute atomic E-state index is 13.3. The normalized spacial score (nSPS) is 18.4. The van der Waals surface area contributed by atoms with Gasteiger partial charge < -0.3 is 18.9 Å². The van der Waals surface area contributed by atoms with Crippen LogP contribution in [0.15, 0.2) is 54.6 Å². The summed E-state index contributed by atoms with van der Waals surface area (Å²) in [6.07, 6.45) is 3.94. The maximum atomic E-state index is 13.3. The van der Waals surface area contributed by atoms with Gasteiger partial charge in [0.05, 0.1) is 6.61 Å². The molecule has 1 saturated heterocycles. The predicted molar refractivity (Wildman–Crippen MR) is 167 cm³/mol. The van der Waals surface area contributed by atoms with Crippen LogP contribution < -0.4 is 0 Å². The molecule has 9 heteroatoms. The number of rotatable bonds is 15. The highest BCUT2D eigenvalue weighted by molar-refractivity contribution is 5.82. The summed E-state index contributed by atoms with van der Waals surface area (Å²) in [5.74, 6) is 0.103. The van der Waals surface area contributed by atoms with Crippen LogP contribution in [0.25, 0.3) is 0 Å². The Morgan fingerprint density at radius 3 is 2.27 bits per heavy atom. The van der Waals surface area contributed by atoms with E-state index in [1.54, 1.807) is 0 Å². The van der Waals surface area contributed by atoms with E-state index >= 15 is 0 Å². The van der Waals surface area contributed by atoms with E-state index in [4.69, 9.17) is 18.9 Å². The second-order valence-corrected chi connectivity index (χ2v) is 12.3. The summed E-state index contributed by atoms with van der Waals surface area (Å²) in [6, 6.07) is 17.0. The van der Waals surface area contributed by atoms with Crippen LogP contribution in [0.3, 0.4) is 0 Å². The monoisotopic (exact) mass is 608 g/mol. The van der Waals surface area contributed by atoms with Crippen molar-refractivity contribution < 1.29 is 33.3 Å². The number of carbonyl (C=O) groups is 3. The Balaban J connectivity index is 1.27. The zero-order valence-electron chi connectivity index (χ0n) is 26.5. The lowest BCUT2D eigenvalue weighted by Crippen LogP contribution is -2.58. The van der Waals surface area contributed by atoms with Crippen LogP contribution in [0, 0.1) is 5.92 Å². The standard InChI is InChI=1S/C35H48N2O7/c1-26(2)23-41-27(3)42-25-31(38)18-17-28-13-15-29(16-14-28)21-36-19-20-37(35(40)43-24-30-9-5-4-6-10-30)33(22-36)34(39)44-32-11-7-8-12-32/h4-6,9-10,13-16,26-27,32-33H,7-8,11-12,17-25H2,1-3H3. The van der Waals surface area contributed by atoms with E-state index in [1.165, 1.54) is 4.90 Å². The number of hydrogen-bond acceptors (Lipinski definition) is 8. The zero-order chi connectivity index (χ0) is 31.3. The van der Waals surface area contributed by atoms with Crippen molar-refractivity contribution in [1.29, 1.82) is 0 Å². The molecule has 1 saturated carbocycles. The Kier molecular flexibility index (Phi) is 13.2. The lowest BCUT2D eigenvalue weighted by Gasteiger charge is -2.39. The summed E-state index contributed by atoms with van der Waals surface area (Å²) >= 11 is 0. The molecule has 2 unspecified atom stereocenters. The van der Waals surface area contributed by atoms with Crippen LogP contribution in [0.4, 0.5) is 4.79 Å². The van der Waals surface area contributed by atoms with E-state index in [9.17, 15) is 14.4 Å². The van der Waals surface area contributed by atoms with Crippen molar-refractivity contribution in [2.24, 2.45) is 5.92 Å². The zero-order valence-corrected chi connectivity index (χ0v) is 26.5. The average molecular weight is 609 g/mol. The smallest absolute Gasteiger partial charge is 0.410 e. The van der Waals surface area contributed by atoms with Gasteiger partial charge in [-0.25, -0.2) is 9.59 Å². The van der Waals surface area contributed by atoms with Crippen molar-refractivity contribution >= 4 is 17.8 Å². The van der Waals surface area contributed by atoms with Crippen molar-refractivity contribution in [2.45, 2.75) is 90.9 Å². The van der Waals surface area contributed by atoms with Gasteiger partial charge in [-0.3, -0.25) is 14.6 Å². The molecule has 0 aromatic heterocycles. The van der Waals surface area contributed by atoms with Gasteiger partial charge in [0.1, 0.15) is 25.4 Å². The van der Waals surface area contributed by atoms with E-state index in [1.807, 2.05) is 49.4 Å². The van der Waals surface area contributed by atoms with Crippen LogP contribution in [-0.4, -0.2) is 78.9 Å². The first-order valence-corrected chi connectivity index (χ1v) is 16.0. The minimum atomic E-state index is -0.724. The Bertz CT molecular complexity index is 1180. The molecule has 0 N–H and O–H groups in total. The van der Waals surface area contributed by atoms with Crippen LogP contribution in [0.2, 0.25) is 0 Å². The van der Waals surface area contributed by atoms with Crippen molar-refractivity contribution in [2.75, 3.05) is 32.8 Å². The number of ether oxygens (including phenoxy) is 4. The molecule has 1 amide bonds. The molecule has 9 nitrogen and oxygen atoms in total. The molecule has 0 bridgehead atoms. The third kappa shape index (κ3) is 11.0. The largest absolute Gasteiger partial charge is 0.461 e. The van der Waals surface area contributed by atoms with E-state index in [-0.39, 0.29) is 31.1 Å². The number of carbonyl (C=O) groups excluding carboxylic acids is 3. The number of hydrogen-bond donors (Lipinski definition) is 0. The maximum Gasteiger partial charge on any atom is 0.410 e. The number of piperazine rings is 1. The van der Waals surface area contributed by atoms with Gasteiger partial charge >= 0.3 is 12.1 Å². The first kappa shape index (κ1) is 33.6. The van der Waals surface area contributed by atoms with Gasteiger partial charge in [-0.15, -0.1) is 0 Å². The molecule has 4 rings (SSSR count). The third-order valence-electron chi connectivity index (χ3n) is 8.03. The molecule has 1 aliphatic carbocycles. The quantitative estimate of drug-likeness (QED) is 0.192. The molecular weight excluding hydrogens is 560 g/mol. The van der Waals surface area contributed by atoms with Crippen LogP contribution >= 0.6 is 0 Å². The van der Waals surface area contributed by atoms with Gasteiger partial charge in [-0.2, -0.15) is 0 Å². The molecule has 2 fully saturated rings. The fourth-order valence-electron chi connectivity index (χ4n) is 5.47. The highest BCUT2D eigenvalue weighted by atomic mass is 16.7. The Hall–Kier alpha value is -3.27. The summed E-state index contributed by atoms with van der Waals surface area (Å²) in [5.41, 5.74) is 3.07. The van der Waals surface area contributed by atoms with Gasteiger partial charge in [-0.05, 0) is 61.6 Å². The van der Waals surface area contributed by atoms with Gasteiger partial charge in [0, 0.05) is 32.6 Å². The SMILES string of the molecule is CC(C)COC(C)OCC(=O)CCc1ccc(CN2CCN(C(=O)OCc3ccccc3)C(C(=O)OC3CCCC3)C2)cc1. The first-order valence-electron chi connectivity index (χ1n) is 16.0. The van der Waals surface area contributed by atoms with Crippen molar-refractivity contribution in [3.05, 3.63) is 71.3 Å². The molecule has 2 aromatic carbocycles. The third-order valence-corrected chi connectivity index (χ3v) is 8.03. The number of benzene rings is 2. The molecular formula is C35H48N2O7. The van der Waals surface area contributed by atoms with Crippen LogP contribution in [0.5, 0.6) is 0 Å². The van der Waals surface area contributed by atoms with E-state index in [0.717, 1.165) is 42.4 Å². The van der Waals surface area contributed by atoms with Crippen molar-refractivity contribution in [3.8, 4) is 0 Å². The van der Waals surface area contributed by atoms with Crippen molar-refractivity contribution in [3.63, 3.8) is 0 Å². The Morgan fingerprint density at radius 1 is 0.864 bits per heavy atom. The lowest BCUT2D eigenvalue weighted by atomic mass is 10.0. The fourth-order valence-corrected chi connectivity index (χ4v) is 5.47. The highest BCUT2D eigenvalue weighted by Gasteiger charge is 2.38. The summed E-state index contributed by atoms with van der Waals surface area (Å²) < 4.78 is 22.5. The number of ketones is 1. The van der Waals surface area contributed by atoms with E-state index in [0.29, 0.717) is 51.5 Å². The van der Waals surface area contributed by atoms with Gasteiger partial charge in [0.25, 0.3) is 0 Å². The van der Waals surface area contributed by atoms with Crippen LogP contribution in [0.1, 0.15) is 69.6 Å². The second kappa shape index (κ2) is 17.3. The predicted octanol–water partition coefficient (Wildman–Crippen LogP) is 5.53. The molecule has 2 aromatic rings. The summed E-state index contributed by atoms with van der Waals surface area (Å²) in [7, 11) is 0. The summed E-state index contributed by atoms with van der Waals surface area (Å²) in [5, 5.41) is 0. The number of esters is 1. The minimum Gasteiger partial charge on any atom is -0.461 e. The van der Waals surface area contributed by atoms with Crippen molar-refractivity contribution in [1.82, 2.24) is 9.80 Å². The van der Waals surface area contributed by atoms with Gasteiger partial charge in [0.2, 0.25) is 0 Å². The Morgan fingerprint density at radius 2 is 1.57 bits per heavy atom. The highest BCUT2D eigenvalue weighted by Crippen LogP contribution is 2.24. The Labute approximate surface area is 261 Å². The molecule has 0 radical (unpaired) electrons. The molecule has 240 valence electrons. The fraction of sp³-hybridized carbons (Fsp3) is 0.571. The summed E-state index contributed by atoms with van der Waals surface area (Å²) in [4.78, 5) is 42.4. The number of amides is 1. The average Bonchev–Trinajstić information content (AvgIpc) is 3.54. The first-order chi connectivity index (χ1) is 21.3. The molecule has 0 spiro atoms. The van der Waals surface area contributed by atoms with E-state index < -0.39 is 18.4 Å². The molecule has 2 aliphatic rings. The lowest BCUT2D eigenvalue weighted by molar-refractivity contribution is -0.157. The van der Waals surface area contributed by atoms with Gasteiger partial charge in [-0.1, -0.05) is 68.4 Å².